The molecule has 0 aromatic heterocycles. The number of rotatable bonds is 8. The van der Waals surface area contributed by atoms with Gasteiger partial charge in [0, 0.05) is 4.32 Å². The molecule has 0 unspecified atom stereocenters. The fraction of sp³-hybridized carbons (Fsp3) is 0.882. The Morgan fingerprint density at radius 2 is 1.61 bits per heavy atom. The minimum absolute atomic E-state index is 0.143. The molecule has 0 amide bonds. The molecule has 0 bridgehead atoms. The molecule has 134 valence electrons. The SMILES string of the molecule is COC(=O)COC(=O)[C@@H]1C[C@@]1(Br)C[Si](C(C)C)(C(C)C)C(C)C. The maximum atomic E-state index is 12.2. The van der Waals surface area contributed by atoms with Crippen LogP contribution in [0.4, 0.5) is 0 Å². The largest absolute Gasteiger partial charge is 0.466 e. The maximum absolute atomic E-state index is 12.2. The zero-order valence-corrected chi connectivity index (χ0v) is 18.0. The molecule has 0 heterocycles. The van der Waals surface area contributed by atoms with Gasteiger partial charge >= 0.3 is 11.9 Å². The van der Waals surface area contributed by atoms with Crippen molar-refractivity contribution in [2.24, 2.45) is 5.92 Å². The van der Waals surface area contributed by atoms with E-state index >= 15 is 0 Å². The van der Waals surface area contributed by atoms with Gasteiger partial charge in [0.2, 0.25) is 0 Å². The van der Waals surface area contributed by atoms with E-state index in [1.54, 1.807) is 0 Å². The summed E-state index contributed by atoms with van der Waals surface area (Å²) in [6.07, 6.45) is 0.800. The first kappa shape index (κ1) is 20.7. The minimum atomic E-state index is -1.59. The second kappa shape index (κ2) is 7.68. The van der Waals surface area contributed by atoms with Crippen molar-refractivity contribution in [2.75, 3.05) is 13.7 Å². The van der Waals surface area contributed by atoms with Crippen molar-refractivity contribution >= 4 is 35.9 Å². The average Bonchev–Trinajstić information content (AvgIpc) is 3.12. The lowest BCUT2D eigenvalue weighted by atomic mass is 10.3. The first-order valence-electron chi connectivity index (χ1n) is 8.43. The summed E-state index contributed by atoms with van der Waals surface area (Å²) in [6, 6.07) is 1.07. The molecule has 4 nitrogen and oxygen atoms in total. The average molecular weight is 407 g/mol. The lowest BCUT2D eigenvalue weighted by Gasteiger charge is -2.45. The molecule has 1 fully saturated rings. The minimum Gasteiger partial charge on any atom is -0.466 e. The molecule has 0 radical (unpaired) electrons. The van der Waals surface area contributed by atoms with Crippen LogP contribution in [0.5, 0.6) is 0 Å². The van der Waals surface area contributed by atoms with E-state index in [0.717, 1.165) is 12.5 Å². The van der Waals surface area contributed by atoms with E-state index < -0.39 is 14.0 Å². The van der Waals surface area contributed by atoms with Gasteiger partial charge in [0.05, 0.1) is 21.1 Å². The molecule has 1 aliphatic rings. The second-order valence-corrected chi connectivity index (χ2v) is 15.4. The highest BCUT2D eigenvalue weighted by atomic mass is 79.9. The van der Waals surface area contributed by atoms with Crippen molar-refractivity contribution < 1.29 is 19.1 Å². The Kier molecular flexibility index (Phi) is 6.91. The highest BCUT2D eigenvalue weighted by Crippen LogP contribution is 2.61. The van der Waals surface area contributed by atoms with E-state index in [4.69, 9.17) is 4.74 Å². The van der Waals surface area contributed by atoms with Gasteiger partial charge in [0.1, 0.15) is 0 Å². The van der Waals surface area contributed by atoms with Gasteiger partial charge in [-0.1, -0.05) is 74.1 Å². The third kappa shape index (κ3) is 4.38. The van der Waals surface area contributed by atoms with Crippen LogP contribution in [0.25, 0.3) is 0 Å². The molecular formula is C17H31BrO4Si. The lowest BCUT2D eigenvalue weighted by Crippen LogP contribution is -2.47. The number of hydrogen-bond acceptors (Lipinski definition) is 4. The Bertz CT molecular complexity index is 428. The number of carbonyl (C=O) groups is 2. The van der Waals surface area contributed by atoms with Crippen molar-refractivity contribution in [3.05, 3.63) is 0 Å². The quantitative estimate of drug-likeness (QED) is 0.337. The van der Waals surface area contributed by atoms with E-state index in [-0.39, 0.29) is 22.8 Å². The van der Waals surface area contributed by atoms with Gasteiger partial charge < -0.3 is 9.47 Å². The molecule has 23 heavy (non-hydrogen) atoms. The summed E-state index contributed by atoms with van der Waals surface area (Å²) in [5.74, 6) is -0.948. The maximum Gasteiger partial charge on any atom is 0.344 e. The van der Waals surface area contributed by atoms with E-state index in [1.165, 1.54) is 7.11 Å². The molecule has 0 aliphatic heterocycles. The predicted octanol–water partition coefficient (Wildman–Crippen LogP) is 4.54. The molecule has 6 heteroatoms. The van der Waals surface area contributed by atoms with Gasteiger partial charge in [-0.2, -0.15) is 0 Å². The molecule has 1 saturated carbocycles. The molecule has 1 aliphatic carbocycles. The number of alkyl halides is 1. The fourth-order valence-corrected chi connectivity index (χ4v) is 12.8. The molecular weight excluding hydrogens is 376 g/mol. The van der Waals surface area contributed by atoms with Crippen LogP contribution in [0.2, 0.25) is 22.7 Å². The molecule has 1 rings (SSSR count). The van der Waals surface area contributed by atoms with Crippen LogP contribution in [0.15, 0.2) is 0 Å². The van der Waals surface area contributed by atoms with Crippen molar-refractivity contribution in [3.8, 4) is 0 Å². The summed E-state index contributed by atoms with van der Waals surface area (Å²) in [5, 5.41) is 0. The number of ether oxygens (including phenoxy) is 2. The van der Waals surface area contributed by atoms with E-state index in [9.17, 15) is 9.59 Å². The number of methoxy groups -OCH3 is 1. The fourth-order valence-electron chi connectivity index (χ4n) is 4.18. The highest BCUT2D eigenvalue weighted by Gasteiger charge is 2.62. The van der Waals surface area contributed by atoms with Crippen LogP contribution < -0.4 is 0 Å². The van der Waals surface area contributed by atoms with Gasteiger partial charge in [-0.3, -0.25) is 4.79 Å². The van der Waals surface area contributed by atoms with Crippen molar-refractivity contribution in [2.45, 2.75) is 75.0 Å². The Balaban J connectivity index is 2.79. The Morgan fingerprint density at radius 1 is 1.13 bits per heavy atom. The lowest BCUT2D eigenvalue weighted by molar-refractivity contribution is -0.157. The topological polar surface area (TPSA) is 52.6 Å². The molecule has 2 atom stereocenters. The third-order valence-electron chi connectivity index (χ3n) is 5.68. The molecule has 0 N–H and O–H groups in total. The Labute approximate surface area is 149 Å². The van der Waals surface area contributed by atoms with Gasteiger partial charge in [-0.15, -0.1) is 0 Å². The van der Waals surface area contributed by atoms with Crippen LogP contribution in [0.1, 0.15) is 48.0 Å². The summed E-state index contributed by atoms with van der Waals surface area (Å²) >= 11 is 3.84. The van der Waals surface area contributed by atoms with Crippen LogP contribution in [0, 0.1) is 5.92 Å². The summed E-state index contributed by atoms with van der Waals surface area (Å²) in [6.45, 7) is 13.7. The van der Waals surface area contributed by atoms with Crippen LogP contribution >= 0.6 is 15.9 Å². The number of hydrogen-bond donors (Lipinski definition) is 0. The Morgan fingerprint density at radius 3 is 2.00 bits per heavy atom. The van der Waals surface area contributed by atoms with Crippen LogP contribution in [-0.4, -0.2) is 38.1 Å². The van der Waals surface area contributed by atoms with E-state index in [0.29, 0.717) is 16.6 Å². The van der Waals surface area contributed by atoms with Crippen LogP contribution in [0.3, 0.4) is 0 Å². The first-order chi connectivity index (χ1) is 10.5. The summed E-state index contributed by atoms with van der Waals surface area (Å²) in [4.78, 5) is 23.3. The monoisotopic (exact) mass is 406 g/mol. The number of halogens is 1. The van der Waals surface area contributed by atoms with Gasteiger partial charge in [0.25, 0.3) is 0 Å². The standard InChI is InChI=1S/C17H31BrO4Si/c1-11(2)23(12(3)4,13(5)6)10-17(18)8-14(17)16(20)22-9-15(19)21-7/h11-14H,8-10H2,1-7H3/t14-,17+/m0/s1. The van der Waals surface area contributed by atoms with Gasteiger partial charge in [0.15, 0.2) is 6.61 Å². The van der Waals surface area contributed by atoms with Crippen molar-refractivity contribution in [1.82, 2.24) is 0 Å². The smallest absolute Gasteiger partial charge is 0.344 e. The molecule has 0 spiro atoms. The summed E-state index contributed by atoms with van der Waals surface area (Å²) < 4.78 is 9.44. The highest BCUT2D eigenvalue weighted by molar-refractivity contribution is 9.10. The molecule has 0 aromatic carbocycles. The Hall–Kier alpha value is -0.363. The number of carbonyl (C=O) groups excluding carboxylic acids is 2. The summed E-state index contributed by atoms with van der Waals surface area (Å²) in [5.41, 5.74) is 1.97. The summed E-state index contributed by atoms with van der Waals surface area (Å²) in [7, 11) is -0.298. The van der Waals surface area contributed by atoms with Crippen molar-refractivity contribution in [3.63, 3.8) is 0 Å². The second-order valence-electron chi connectivity index (χ2n) is 7.73. The third-order valence-corrected chi connectivity index (χ3v) is 15.0. The van der Waals surface area contributed by atoms with Crippen molar-refractivity contribution in [1.29, 1.82) is 0 Å². The zero-order chi connectivity index (χ0) is 18.0. The zero-order valence-electron chi connectivity index (χ0n) is 15.4. The van der Waals surface area contributed by atoms with E-state index in [2.05, 4.69) is 62.2 Å². The normalized spacial score (nSPS) is 24.2. The van der Waals surface area contributed by atoms with E-state index in [1.807, 2.05) is 0 Å². The number of esters is 2. The molecule has 0 saturated heterocycles. The van der Waals surface area contributed by atoms with Crippen LogP contribution in [-0.2, 0) is 19.1 Å². The predicted molar refractivity (Wildman–Crippen MR) is 98.6 cm³/mol. The first-order valence-corrected chi connectivity index (χ1v) is 11.7. The van der Waals surface area contributed by atoms with Gasteiger partial charge in [-0.25, -0.2) is 4.79 Å². The van der Waals surface area contributed by atoms with Gasteiger partial charge in [-0.05, 0) is 12.5 Å². The molecule has 0 aromatic rings.